The lowest BCUT2D eigenvalue weighted by molar-refractivity contribution is 0.0999. The van der Waals surface area contributed by atoms with Crippen molar-refractivity contribution < 1.29 is 9.53 Å². The van der Waals surface area contributed by atoms with E-state index in [0.29, 0.717) is 40.4 Å². The molecule has 4 N–H and O–H groups in total. The number of aromatic nitrogens is 1. The van der Waals surface area contributed by atoms with E-state index in [-0.39, 0.29) is 5.71 Å². The Morgan fingerprint density at radius 3 is 2.44 bits per heavy atom. The topological polar surface area (TPSA) is 125 Å². The van der Waals surface area contributed by atoms with Crippen molar-refractivity contribution in [1.29, 1.82) is 10.7 Å². The van der Waals surface area contributed by atoms with Crippen LogP contribution >= 0.6 is 0 Å². The van der Waals surface area contributed by atoms with Crippen LogP contribution in [0.5, 0.6) is 11.5 Å². The molecule has 1 amide bonds. The molecule has 0 fully saturated rings. The molecule has 1 heterocycles. The quantitative estimate of drug-likeness (QED) is 0.447. The van der Waals surface area contributed by atoms with E-state index in [9.17, 15) is 4.79 Å². The van der Waals surface area contributed by atoms with E-state index in [1.807, 2.05) is 45.0 Å². The summed E-state index contributed by atoms with van der Waals surface area (Å²) in [4.78, 5) is 16.0. The number of benzene rings is 2. The van der Waals surface area contributed by atoms with Gasteiger partial charge < -0.3 is 15.8 Å². The number of pyridine rings is 1. The molecule has 2 aromatic carbocycles. The van der Waals surface area contributed by atoms with Gasteiger partial charge in [-0.1, -0.05) is 26.8 Å². The van der Waals surface area contributed by atoms with E-state index in [4.69, 9.17) is 21.1 Å². The van der Waals surface area contributed by atoms with Crippen LogP contribution in [0.2, 0.25) is 0 Å². The molecule has 0 spiro atoms. The third-order valence-electron chi connectivity index (χ3n) is 4.66. The van der Waals surface area contributed by atoms with Gasteiger partial charge in [-0.3, -0.25) is 15.2 Å². The maximum absolute atomic E-state index is 11.6. The predicted molar refractivity (Wildman–Crippen MR) is 127 cm³/mol. The Labute approximate surface area is 188 Å². The van der Waals surface area contributed by atoms with Gasteiger partial charge in [0.05, 0.1) is 5.69 Å². The average Bonchev–Trinajstić information content (AvgIpc) is 2.84. The van der Waals surface area contributed by atoms with Crippen molar-refractivity contribution in [3.8, 4) is 28.8 Å². The molecule has 0 aliphatic carbocycles. The molecule has 0 bridgehead atoms. The van der Waals surface area contributed by atoms with Crippen molar-refractivity contribution in [2.45, 2.75) is 27.2 Å². The first kappa shape index (κ1) is 24.1. The highest BCUT2D eigenvalue weighted by Gasteiger charge is 2.11. The van der Waals surface area contributed by atoms with E-state index in [2.05, 4.69) is 10.3 Å². The van der Waals surface area contributed by atoms with Crippen molar-refractivity contribution in [3.63, 3.8) is 0 Å². The highest BCUT2D eigenvalue weighted by molar-refractivity contribution is 6.13. The second-order valence-electron chi connectivity index (χ2n) is 6.51. The first-order valence-corrected chi connectivity index (χ1v) is 10.3. The Morgan fingerprint density at radius 2 is 1.81 bits per heavy atom. The summed E-state index contributed by atoms with van der Waals surface area (Å²) in [6.07, 6.45) is 2.33. The van der Waals surface area contributed by atoms with Crippen LogP contribution in [0.4, 0.5) is 5.69 Å². The first-order chi connectivity index (χ1) is 15.5. The highest BCUT2D eigenvalue weighted by Crippen LogP contribution is 2.30. The molecule has 0 aliphatic rings. The van der Waals surface area contributed by atoms with Gasteiger partial charge in [-0.2, -0.15) is 5.26 Å². The number of hydrogen-bond donors (Lipinski definition) is 3. The van der Waals surface area contributed by atoms with Gasteiger partial charge in [0.2, 0.25) is 5.91 Å². The molecule has 0 aliphatic heterocycles. The van der Waals surface area contributed by atoms with Crippen LogP contribution < -0.4 is 15.8 Å². The minimum absolute atomic E-state index is 0.122. The van der Waals surface area contributed by atoms with Crippen LogP contribution in [0, 0.1) is 16.7 Å². The fraction of sp³-hybridized carbons (Fsp3) is 0.200. The highest BCUT2D eigenvalue weighted by atomic mass is 16.5. The summed E-state index contributed by atoms with van der Waals surface area (Å²) in [6.45, 7) is 5.97. The third-order valence-corrected chi connectivity index (χ3v) is 4.66. The van der Waals surface area contributed by atoms with Crippen LogP contribution in [-0.4, -0.2) is 23.7 Å². The summed E-state index contributed by atoms with van der Waals surface area (Å²) in [7, 11) is 1.72. The minimum atomic E-state index is -0.447. The minimum Gasteiger partial charge on any atom is -0.457 e. The molecule has 0 atom stereocenters. The zero-order valence-corrected chi connectivity index (χ0v) is 18.7. The van der Waals surface area contributed by atoms with Gasteiger partial charge in [0, 0.05) is 47.8 Å². The summed E-state index contributed by atoms with van der Waals surface area (Å²) in [5.74, 6) is 0.697. The molecule has 1 aromatic heterocycles. The van der Waals surface area contributed by atoms with Crippen LogP contribution in [0.25, 0.3) is 11.3 Å². The Bertz CT molecular complexity index is 1170. The first-order valence-electron chi connectivity index (χ1n) is 10.3. The molecule has 32 heavy (non-hydrogen) atoms. The van der Waals surface area contributed by atoms with Gasteiger partial charge in [-0.15, -0.1) is 0 Å². The second-order valence-corrected chi connectivity index (χ2v) is 6.51. The lowest BCUT2D eigenvalue weighted by atomic mass is 9.99. The molecule has 7 heteroatoms. The van der Waals surface area contributed by atoms with E-state index in [1.165, 1.54) is 0 Å². The molecule has 3 aromatic rings. The van der Waals surface area contributed by atoms with Crippen LogP contribution in [0.15, 0.2) is 54.7 Å². The van der Waals surface area contributed by atoms with Crippen molar-refractivity contribution in [1.82, 2.24) is 4.98 Å². The lowest BCUT2D eigenvalue weighted by Gasteiger charge is -2.12. The SMILES string of the molecule is CC.CCc1cc(-c2cc(Oc3ccc(C(=N)C#N)c(NC)c3)ccn2)ccc1C(N)=O. The van der Waals surface area contributed by atoms with Crippen LogP contribution in [0.3, 0.4) is 0 Å². The van der Waals surface area contributed by atoms with E-state index in [0.717, 1.165) is 11.1 Å². The Kier molecular flexibility index (Phi) is 8.49. The number of amides is 1. The summed E-state index contributed by atoms with van der Waals surface area (Å²) in [5, 5.41) is 19.7. The fourth-order valence-corrected chi connectivity index (χ4v) is 3.13. The number of ether oxygens (including phenoxy) is 1. The Morgan fingerprint density at radius 1 is 1.12 bits per heavy atom. The standard InChI is InChI=1S/C23H21N5O2.C2H6/c1-3-14-10-15(4-6-18(14)23(26)29)21-11-17(8-9-28-21)30-16-5-7-19(20(25)13-24)22(12-16)27-2;1-2/h4-12,25,27H,3H2,1-2H3,(H2,26,29);1-2H3. The van der Waals surface area contributed by atoms with Gasteiger partial charge in [0.25, 0.3) is 0 Å². The van der Waals surface area contributed by atoms with E-state index < -0.39 is 5.91 Å². The average molecular weight is 430 g/mol. The van der Waals surface area contributed by atoms with Gasteiger partial charge in [0.15, 0.2) is 0 Å². The van der Waals surface area contributed by atoms with Crippen molar-refractivity contribution in [3.05, 3.63) is 71.4 Å². The van der Waals surface area contributed by atoms with E-state index >= 15 is 0 Å². The molecule has 164 valence electrons. The number of carbonyl (C=O) groups excluding carboxylic acids is 1. The number of primary amides is 1. The molecule has 3 rings (SSSR count). The number of carbonyl (C=O) groups is 1. The predicted octanol–water partition coefficient (Wildman–Crippen LogP) is 5.16. The maximum Gasteiger partial charge on any atom is 0.248 e. The molecular weight excluding hydrogens is 402 g/mol. The number of anilines is 1. The smallest absolute Gasteiger partial charge is 0.248 e. The summed E-state index contributed by atoms with van der Waals surface area (Å²) < 4.78 is 5.96. The van der Waals surface area contributed by atoms with Crippen molar-refractivity contribution >= 4 is 17.3 Å². The number of hydrogen-bond acceptors (Lipinski definition) is 6. The van der Waals surface area contributed by atoms with Crippen LogP contribution in [0.1, 0.15) is 42.3 Å². The van der Waals surface area contributed by atoms with Gasteiger partial charge >= 0.3 is 0 Å². The third kappa shape index (κ3) is 5.49. The zero-order chi connectivity index (χ0) is 23.7. The van der Waals surface area contributed by atoms with Gasteiger partial charge in [0.1, 0.15) is 23.3 Å². The number of nitriles is 1. The molecule has 0 radical (unpaired) electrons. The molecule has 7 nitrogen and oxygen atoms in total. The van der Waals surface area contributed by atoms with Gasteiger partial charge in [-0.05, 0) is 42.3 Å². The van der Waals surface area contributed by atoms with E-state index in [1.54, 1.807) is 43.6 Å². The Balaban J connectivity index is 0.00000176. The van der Waals surface area contributed by atoms with Crippen LogP contribution in [-0.2, 0) is 6.42 Å². The number of rotatable bonds is 7. The fourth-order valence-electron chi connectivity index (χ4n) is 3.13. The zero-order valence-electron chi connectivity index (χ0n) is 18.7. The lowest BCUT2D eigenvalue weighted by Crippen LogP contribution is -2.13. The van der Waals surface area contributed by atoms with Crippen molar-refractivity contribution in [2.24, 2.45) is 5.73 Å². The molecule has 0 unspecified atom stereocenters. The number of aryl methyl sites for hydroxylation is 1. The molecular formula is C25H27N5O2. The molecule has 0 saturated carbocycles. The number of nitrogens with zero attached hydrogens (tertiary/aromatic N) is 2. The second kappa shape index (κ2) is 11.3. The van der Waals surface area contributed by atoms with Crippen molar-refractivity contribution in [2.75, 3.05) is 12.4 Å². The monoisotopic (exact) mass is 429 g/mol. The maximum atomic E-state index is 11.6. The summed E-state index contributed by atoms with van der Waals surface area (Å²) >= 11 is 0. The number of nitrogens with one attached hydrogen (secondary N) is 2. The molecule has 0 saturated heterocycles. The summed E-state index contributed by atoms with van der Waals surface area (Å²) in [5.41, 5.74) is 9.38. The number of nitrogens with two attached hydrogens (primary N) is 1. The normalized spacial score (nSPS) is 9.72. The van der Waals surface area contributed by atoms with Gasteiger partial charge in [-0.25, -0.2) is 0 Å². The summed E-state index contributed by atoms with van der Waals surface area (Å²) in [6, 6.07) is 15.9. The largest absolute Gasteiger partial charge is 0.457 e. The Hall–Kier alpha value is -4.18.